The molecule has 0 aliphatic carbocycles. The van der Waals surface area contributed by atoms with Crippen LogP contribution in [0.4, 0.5) is 0 Å². The Morgan fingerprint density at radius 2 is 2.04 bits per heavy atom. The van der Waals surface area contributed by atoms with Crippen molar-refractivity contribution in [2.45, 2.75) is 31.4 Å². The van der Waals surface area contributed by atoms with Crippen LogP contribution in [0.2, 0.25) is 5.02 Å². The quantitative estimate of drug-likeness (QED) is 0.738. The first-order valence-corrected chi connectivity index (χ1v) is 10.7. The number of amides is 1. The summed E-state index contributed by atoms with van der Waals surface area (Å²) in [6, 6.07) is 7.74. The van der Waals surface area contributed by atoms with Crippen LogP contribution in [0.3, 0.4) is 0 Å². The third-order valence-electron chi connectivity index (χ3n) is 6.01. The standard InChI is InChI=1S/C21H23BrClN3O2/c1-14-18(10-24-11-19(14)22)20(27)25-8-9-26-13-21(28,7-6-17(26)12-25)15-2-4-16(23)5-3-15/h2-5,10-11,17,28H,6-9,12-13H2,1H3/t17-,21-/m1/s1. The zero-order chi connectivity index (χ0) is 19.9. The van der Waals surface area contributed by atoms with Crippen molar-refractivity contribution in [1.82, 2.24) is 14.8 Å². The van der Waals surface area contributed by atoms with Gasteiger partial charge in [-0.25, -0.2) is 0 Å². The lowest BCUT2D eigenvalue weighted by Crippen LogP contribution is -2.60. The number of nitrogens with zero attached hydrogens (tertiary/aromatic N) is 3. The highest BCUT2D eigenvalue weighted by Crippen LogP contribution is 2.36. The molecule has 7 heteroatoms. The topological polar surface area (TPSA) is 56.7 Å². The fourth-order valence-electron chi connectivity index (χ4n) is 4.26. The first-order valence-electron chi connectivity index (χ1n) is 9.49. The van der Waals surface area contributed by atoms with Crippen LogP contribution in [0, 0.1) is 6.92 Å². The molecule has 148 valence electrons. The zero-order valence-corrected chi connectivity index (χ0v) is 18.1. The molecule has 2 atom stereocenters. The van der Waals surface area contributed by atoms with Crippen molar-refractivity contribution >= 4 is 33.4 Å². The van der Waals surface area contributed by atoms with Gasteiger partial charge in [0.05, 0.1) is 5.56 Å². The predicted molar refractivity (Wildman–Crippen MR) is 113 cm³/mol. The molecule has 0 spiro atoms. The number of rotatable bonds is 2. The molecule has 2 aliphatic heterocycles. The van der Waals surface area contributed by atoms with Gasteiger partial charge in [-0.1, -0.05) is 23.7 Å². The van der Waals surface area contributed by atoms with Gasteiger partial charge in [-0.15, -0.1) is 0 Å². The number of halogens is 2. The molecule has 0 bridgehead atoms. The number of carbonyl (C=O) groups excluding carboxylic acids is 1. The number of aromatic nitrogens is 1. The molecule has 28 heavy (non-hydrogen) atoms. The first kappa shape index (κ1) is 19.8. The molecule has 0 saturated carbocycles. The summed E-state index contributed by atoms with van der Waals surface area (Å²) < 4.78 is 0.850. The molecule has 1 N–H and O–H groups in total. The van der Waals surface area contributed by atoms with Gasteiger partial charge >= 0.3 is 0 Å². The van der Waals surface area contributed by atoms with Crippen molar-refractivity contribution in [3.05, 3.63) is 62.8 Å². The zero-order valence-electron chi connectivity index (χ0n) is 15.7. The van der Waals surface area contributed by atoms with Gasteiger partial charge in [-0.3, -0.25) is 14.7 Å². The minimum absolute atomic E-state index is 0.0319. The highest BCUT2D eigenvalue weighted by Gasteiger charge is 2.42. The molecule has 3 heterocycles. The molecule has 4 rings (SSSR count). The van der Waals surface area contributed by atoms with Gasteiger partial charge in [-0.05, 0) is 59.0 Å². The number of hydrogen-bond acceptors (Lipinski definition) is 4. The molecule has 1 aromatic carbocycles. The van der Waals surface area contributed by atoms with Crippen molar-refractivity contribution in [1.29, 1.82) is 0 Å². The Morgan fingerprint density at radius 3 is 2.79 bits per heavy atom. The Hall–Kier alpha value is -1.47. The molecule has 2 fully saturated rings. The smallest absolute Gasteiger partial charge is 0.255 e. The molecular weight excluding hydrogens is 442 g/mol. The summed E-state index contributed by atoms with van der Waals surface area (Å²) in [5.74, 6) is 0.0319. The molecule has 5 nitrogen and oxygen atoms in total. The fourth-order valence-corrected chi connectivity index (χ4v) is 4.72. The van der Waals surface area contributed by atoms with E-state index in [9.17, 15) is 9.90 Å². The Labute approximate surface area is 178 Å². The van der Waals surface area contributed by atoms with Crippen molar-refractivity contribution in [2.24, 2.45) is 0 Å². The largest absolute Gasteiger partial charge is 0.384 e. The number of pyridine rings is 1. The second-order valence-electron chi connectivity index (χ2n) is 7.75. The van der Waals surface area contributed by atoms with Crippen molar-refractivity contribution in [3.63, 3.8) is 0 Å². The van der Waals surface area contributed by atoms with Gasteiger partial charge in [0.2, 0.25) is 0 Å². The molecule has 1 aromatic heterocycles. The van der Waals surface area contributed by atoms with Crippen molar-refractivity contribution < 1.29 is 9.90 Å². The number of benzene rings is 1. The van der Waals surface area contributed by atoms with Crippen molar-refractivity contribution in [3.8, 4) is 0 Å². The monoisotopic (exact) mass is 463 g/mol. The van der Waals surface area contributed by atoms with Crippen LogP contribution in [0.5, 0.6) is 0 Å². The van der Waals surface area contributed by atoms with E-state index in [2.05, 4.69) is 25.8 Å². The number of piperazine rings is 1. The van der Waals surface area contributed by atoms with Gasteiger partial charge in [0.1, 0.15) is 5.60 Å². The van der Waals surface area contributed by atoms with Gasteiger partial charge < -0.3 is 10.0 Å². The van der Waals surface area contributed by atoms with Crippen LogP contribution >= 0.6 is 27.5 Å². The Bertz CT molecular complexity index is 892. The van der Waals surface area contributed by atoms with E-state index < -0.39 is 5.60 Å². The second kappa shape index (κ2) is 7.75. The maximum atomic E-state index is 13.0. The molecule has 0 unspecified atom stereocenters. The second-order valence-corrected chi connectivity index (χ2v) is 9.04. The predicted octanol–water partition coefficient (Wildman–Crippen LogP) is 3.61. The summed E-state index contributed by atoms with van der Waals surface area (Å²) in [7, 11) is 0. The lowest BCUT2D eigenvalue weighted by Gasteiger charge is -2.49. The fraction of sp³-hybridized carbons (Fsp3) is 0.429. The van der Waals surface area contributed by atoms with E-state index in [0.717, 1.165) is 28.6 Å². The van der Waals surface area contributed by atoms with Gasteiger partial charge in [0, 0.05) is 54.1 Å². The molecule has 2 saturated heterocycles. The average Bonchev–Trinajstić information content (AvgIpc) is 2.69. The van der Waals surface area contributed by atoms with E-state index in [4.69, 9.17) is 11.6 Å². The Kier molecular flexibility index (Phi) is 5.49. The third kappa shape index (κ3) is 3.71. The number of fused-ring (bicyclic) bond motifs is 1. The van der Waals surface area contributed by atoms with E-state index in [-0.39, 0.29) is 11.9 Å². The summed E-state index contributed by atoms with van der Waals surface area (Å²) in [6.07, 6.45) is 4.88. The summed E-state index contributed by atoms with van der Waals surface area (Å²) in [5.41, 5.74) is 1.61. The Morgan fingerprint density at radius 1 is 1.29 bits per heavy atom. The minimum atomic E-state index is -0.863. The van der Waals surface area contributed by atoms with Crippen LogP contribution in [-0.4, -0.2) is 58.0 Å². The van der Waals surface area contributed by atoms with Crippen LogP contribution in [0.15, 0.2) is 41.1 Å². The maximum absolute atomic E-state index is 13.0. The Balaban J connectivity index is 1.46. The van der Waals surface area contributed by atoms with Crippen LogP contribution in [0.25, 0.3) is 0 Å². The van der Waals surface area contributed by atoms with Crippen molar-refractivity contribution in [2.75, 3.05) is 26.2 Å². The average molecular weight is 465 g/mol. The maximum Gasteiger partial charge on any atom is 0.255 e. The highest BCUT2D eigenvalue weighted by atomic mass is 79.9. The number of piperidine rings is 1. The van der Waals surface area contributed by atoms with E-state index in [1.54, 1.807) is 12.4 Å². The highest BCUT2D eigenvalue weighted by molar-refractivity contribution is 9.10. The molecule has 2 aromatic rings. The number of aliphatic hydroxyl groups is 1. The van der Waals surface area contributed by atoms with Gasteiger partial charge in [-0.2, -0.15) is 0 Å². The summed E-state index contributed by atoms with van der Waals surface area (Å²) in [4.78, 5) is 21.4. The van der Waals surface area contributed by atoms with Crippen LogP contribution < -0.4 is 0 Å². The van der Waals surface area contributed by atoms with E-state index in [0.29, 0.717) is 36.6 Å². The van der Waals surface area contributed by atoms with Gasteiger partial charge in [0.15, 0.2) is 0 Å². The summed E-state index contributed by atoms with van der Waals surface area (Å²) in [6.45, 7) is 4.60. The third-order valence-corrected chi connectivity index (χ3v) is 7.06. The SMILES string of the molecule is Cc1c(Br)cncc1C(=O)N1CCN2C[C@@](O)(c3ccc(Cl)cc3)CC[C@@H]2C1. The molecule has 0 radical (unpaired) electrons. The lowest BCUT2D eigenvalue weighted by atomic mass is 9.82. The van der Waals surface area contributed by atoms with E-state index in [1.165, 1.54) is 0 Å². The molecular formula is C21H23BrClN3O2. The van der Waals surface area contributed by atoms with Gasteiger partial charge in [0.25, 0.3) is 5.91 Å². The normalized spacial score (nSPS) is 25.4. The number of carbonyl (C=O) groups is 1. The van der Waals surface area contributed by atoms with E-state index >= 15 is 0 Å². The summed E-state index contributed by atoms with van der Waals surface area (Å²) in [5, 5.41) is 11.9. The first-order chi connectivity index (χ1) is 13.4. The molecule has 1 amide bonds. The lowest BCUT2D eigenvalue weighted by molar-refractivity contribution is -0.0740. The van der Waals surface area contributed by atoms with Crippen LogP contribution in [-0.2, 0) is 5.60 Å². The van der Waals surface area contributed by atoms with E-state index in [1.807, 2.05) is 36.1 Å². The number of hydrogen-bond donors (Lipinski definition) is 1. The summed E-state index contributed by atoms with van der Waals surface area (Å²) >= 11 is 9.44. The minimum Gasteiger partial charge on any atom is -0.384 e. The molecule has 2 aliphatic rings. The van der Waals surface area contributed by atoms with Crippen LogP contribution in [0.1, 0.15) is 34.3 Å².